The van der Waals surface area contributed by atoms with Crippen LogP contribution in [-0.4, -0.2) is 15.8 Å². The molecule has 0 radical (unpaired) electrons. The van der Waals surface area contributed by atoms with Crippen LogP contribution in [0.5, 0.6) is 0 Å². The molecule has 0 aliphatic heterocycles. The minimum absolute atomic E-state index is 0.111. The summed E-state index contributed by atoms with van der Waals surface area (Å²) in [5.41, 5.74) is 1.62. The van der Waals surface area contributed by atoms with Crippen LogP contribution >= 0.6 is 11.6 Å². The SMILES string of the molecule is O=C(c1ccco1)C(Cc1ccc(Cl)cc1)c1cnccn1. The van der Waals surface area contributed by atoms with Crippen LogP contribution in [0.25, 0.3) is 0 Å². The van der Waals surface area contributed by atoms with E-state index in [-0.39, 0.29) is 5.78 Å². The van der Waals surface area contributed by atoms with Crippen LogP contribution in [0.2, 0.25) is 5.02 Å². The number of hydrogen-bond acceptors (Lipinski definition) is 4. The molecule has 0 saturated carbocycles. The molecule has 0 spiro atoms. The van der Waals surface area contributed by atoms with E-state index >= 15 is 0 Å². The van der Waals surface area contributed by atoms with Crippen molar-refractivity contribution >= 4 is 17.4 Å². The van der Waals surface area contributed by atoms with Crippen molar-refractivity contribution in [3.05, 3.63) is 83.3 Å². The molecule has 0 aliphatic rings. The van der Waals surface area contributed by atoms with Crippen LogP contribution in [0.4, 0.5) is 0 Å². The lowest BCUT2D eigenvalue weighted by molar-refractivity contribution is 0.0929. The number of rotatable bonds is 5. The average molecular weight is 313 g/mol. The number of carbonyl (C=O) groups is 1. The number of carbonyl (C=O) groups excluding carboxylic acids is 1. The van der Waals surface area contributed by atoms with Gasteiger partial charge in [0, 0.05) is 23.6 Å². The maximum atomic E-state index is 12.7. The molecule has 0 saturated heterocycles. The molecule has 2 heterocycles. The molecule has 0 fully saturated rings. The zero-order chi connectivity index (χ0) is 15.4. The monoisotopic (exact) mass is 312 g/mol. The molecule has 0 N–H and O–H groups in total. The Labute approximate surface area is 132 Å². The quantitative estimate of drug-likeness (QED) is 0.670. The first-order valence-corrected chi connectivity index (χ1v) is 7.20. The average Bonchev–Trinajstić information content (AvgIpc) is 3.09. The molecule has 3 rings (SSSR count). The van der Waals surface area contributed by atoms with Crippen molar-refractivity contribution in [1.82, 2.24) is 9.97 Å². The lowest BCUT2D eigenvalue weighted by Gasteiger charge is -2.14. The Bertz CT molecular complexity index is 740. The lowest BCUT2D eigenvalue weighted by atomic mass is 9.91. The van der Waals surface area contributed by atoms with E-state index in [9.17, 15) is 4.79 Å². The van der Waals surface area contributed by atoms with E-state index in [0.29, 0.717) is 22.9 Å². The predicted octanol–water partition coefficient (Wildman–Crippen LogP) is 3.93. The Balaban J connectivity index is 1.92. The van der Waals surface area contributed by atoms with Crippen molar-refractivity contribution in [2.24, 2.45) is 0 Å². The summed E-state index contributed by atoms with van der Waals surface area (Å²) < 4.78 is 5.24. The van der Waals surface area contributed by atoms with Gasteiger partial charge in [0.15, 0.2) is 5.76 Å². The third-order valence-electron chi connectivity index (χ3n) is 3.37. The topological polar surface area (TPSA) is 56.0 Å². The first-order chi connectivity index (χ1) is 10.7. The standard InChI is InChI=1S/C17H13ClN2O2/c18-13-5-3-12(4-6-13)10-14(15-11-19-7-8-20-15)17(21)16-2-1-9-22-16/h1-9,11,14H,10H2. The molecular formula is C17H13ClN2O2. The fraction of sp³-hybridized carbons (Fsp3) is 0.118. The molecule has 0 amide bonds. The van der Waals surface area contributed by atoms with E-state index in [4.69, 9.17) is 16.0 Å². The maximum Gasteiger partial charge on any atom is 0.207 e. The maximum absolute atomic E-state index is 12.7. The molecule has 3 aromatic rings. The van der Waals surface area contributed by atoms with Crippen molar-refractivity contribution < 1.29 is 9.21 Å². The molecule has 5 heteroatoms. The Morgan fingerprint density at radius 1 is 1.18 bits per heavy atom. The fourth-order valence-electron chi connectivity index (χ4n) is 2.27. The van der Waals surface area contributed by atoms with E-state index in [2.05, 4.69) is 9.97 Å². The van der Waals surface area contributed by atoms with Crippen molar-refractivity contribution in [2.45, 2.75) is 12.3 Å². The molecule has 110 valence electrons. The first-order valence-electron chi connectivity index (χ1n) is 6.82. The van der Waals surface area contributed by atoms with E-state index < -0.39 is 5.92 Å². The van der Waals surface area contributed by atoms with Gasteiger partial charge in [0.2, 0.25) is 5.78 Å². The Kier molecular flexibility index (Phi) is 4.30. The van der Waals surface area contributed by atoms with Crippen LogP contribution in [0.3, 0.4) is 0 Å². The highest BCUT2D eigenvalue weighted by atomic mass is 35.5. The molecule has 1 unspecified atom stereocenters. The van der Waals surface area contributed by atoms with Gasteiger partial charge in [-0.05, 0) is 36.2 Å². The van der Waals surface area contributed by atoms with Gasteiger partial charge in [0.05, 0.1) is 17.9 Å². The molecule has 4 nitrogen and oxygen atoms in total. The summed E-state index contributed by atoms with van der Waals surface area (Å²) >= 11 is 5.90. The molecule has 2 aromatic heterocycles. The van der Waals surface area contributed by atoms with Gasteiger partial charge in [-0.15, -0.1) is 0 Å². The summed E-state index contributed by atoms with van der Waals surface area (Å²) in [6.45, 7) is 0. The minimum atomic E-state index is -0.443. The van der Waals surface area contributed by atoms with E-state index in [0.717, 1.165) is 5.56 Å². The minimum Gasteiger partial charge on any atom is -0.461 e. The largest absolute Gasteiger partial charge is 0.461 e. The van der Waals surface area contributed by atoms with Gasteiger partial charge in [-0.1, -0.05) is 23.7 Å². The summed E-state index contributed by atoms with van der Waals surface area (Å²) in [6.07, 6.45) is 6.78. The highest BCUT2D eigenvalue weighted by Gasteiger charge is 2.25. The normalized spacial score (nSPS) is 12.0. The molecule has 22 heavy (non-hydrogen) atoms. The molecule has 1 atom stereocenters. The van der Waals surface area contributed by atoms with Gasteiger partial charge in [-0.3, -0.25) is 14.8 Å². The summed E-state index contributed by atoms with van der Waals surface area (Å²) in [5, 5.41) is 0.664. The molecule has 1 aromatic carbocycles. The summed E-state index contributed by atoms with van der Waals surface area (Å²) in [6, 6.07) is 10.8. The Morgan fingerprint density at radius 2 is 2.00 bits per heavy atom. The van der Waals surface area contributed by atoms with Crippen LogP contribution in [0.15, 0.2) is 65.7 Å². The smallest absolute Gasteiger partial charge is 0.207 e. The van der Waals surface area contributed by atoms with Gasteiger partial charge in [-0.25, -0.2) is 0 Å². The lowest BCUT2D eigenvalue weighted by Crippen LogP contribution is -2.16. The van der Waals surface area contributed by atoms with Gasteiger partial charge in [0.1, 0.15) is 0 Å². The zero-order valence-electron chi connectivity index (χ0n) is 11.6. The van der Waals surface area contributed by atoms with Gasteiger partial charge < -0.3 is 4.42 Å². The number of nitrogens with zero attached hydrogens (tertiary/aromatic N) is 2. The van der Waals surface area contributed by atoms with E-state index in [1.54, 1.807) is 30.7 Å². The van der Waals surface area contributed by atoms with Crippen molar-refractivity contribution in [3.8, 4) is 0 Å². The number of aromatic nitrogens is 2. The second-order valence-electron chi connectivity index (χ2n) is 4.86. The number of ketones is 1. The molecular weight excluding hydrogens is 300 g/mol. The van der Waals surface area contributed by atoms with Crippen molar-refractivity contribution in [1.29, 1.82) is 0 Å². The van der Waals surface area contributed by atoms with E-state index in [1.165, 1.54) is 6.26 Å². The predicted molar refractivity (Wildman–Crippen MR) is 83.0 cm³/mol. The fourth-order valence-corrected chi connectivity index (χ4v) is 2.39. The van der Waals surface area contributed by atoms with Crippen LogP contribution < -0.4 is 0 Å². The Hall–Kier alpha value is -2.46. The zero-order valence-corrected chi connectivity index (χ0v) is 12.4. The van der Waals surface area contributed by atoms with Gasteiger partial charge in [0.25, 0.3) is 0 Å². The van der Waals surface area contributed by atoms with Crippen LogP contribution in [0.1, 0.15) is 27.7 Å². The third-order valence-corrected chi connectivity index (χ3v) is 3.63. The number of furan rings is 1. The Morgan fingerprint density at radius 3 is 2.64 bits per heavy atom. The van der Waals surface area contributed by atoms with Crippen LogP contribution in [0, 0.1) is 0 Å². The second-order valence-corrected chi connectivity index (χ2v) is 5.29. The van der Waals surface area contributed by atoms with Crippen molar-refractivity contribution in [2.75, 3.05) is 0 Å². The summed E-state index contributed by atoms with van der Waals surface area (Å²) in [5.74, 6) is -0.230. The second kappa shape index (κ2) is 6.54. The number of hydrogen-bond donors (Lipinski definition) is 0. The summed E-state index contributed by atoms with van der Waals surface area (Å²) in [7, 11) is 0. The van der Waals surface area contributed by atoms with Crippen LogP contribution in [-0.2, 0) is 6.42 Å². The van der Waals surface area contributed by atoms with Gasteiger partial charge in [-0.2, -0.15) is 0 Å². The third kappa shape index (κ3) is 3.23. The molecule has 0 aliphatic carbocycles. The van der Waals surface area contributed by atoms with E-state index in [1.807, 2.05) is 24.3 Å². The highest BCUT2D eigenvalue weighted by molar-refractivity contribution is 6.30. The first kappa shape index (κ1) is 14.5. The molecule has 0 bridgehead atoms. The van der Waals surface area contributed by atoms with Crippen molar-refractivity contribution in [3.63, 3.8) is 0 Å². The number of benzene rings is 1. The number of Topliss-reactive ketones (excluding diaryl/α,β-unsaturated/α-hetero) is 1. The number of halogens is 1. The van der Waals surface area contributed by atoms with Gasteiger partial charge >= 0.3 is 0 Å². The highest BCUT2D eigenvalue weighted by Crippen LogP contribution is 2.24. The summed E-state index contributed by atoms with van der Waals surface area (Å²) in [4.78, 5) is 21.0.